The maximum absolute atomic E-state index is 11.5. The Labute approximate surface area is 101 Å². The summed E-state index contributed by atoms with van der Waals surface area (Å²) in [5.41, 5.74) is -1.52. The van der Waals surface area contributed by atoms with Gasteiger partial charge in [-0.2, -0.15) is 0 Å². The molecule has 1 saturated carbocycles. The van der Waals surface area contributed by atoms with Gasteiger partial charge in [0.2, 0.25) is 0 Å². The molecule has 0 bridgehead atoms. The van der Waals surface area contributed by atoms with E-state index in [2.05, 4.69) is 16.6 Å². The van der Waals surface area contributed by atoms with Crippen molar-refractivity contribution in [3.63, 3.8) is 0 Å². The van der Waals surface area contributed by atoms with Crippen LogP contribution < -0.4 is 10.6 Å². The number of nitrogens with one attached hydrogen (secondary N) is 2. The van der Waals surface area contributed by atoms with Gasteiger partial charge in [-0.3, -0.25) is 4.79 Å². The number of rotatable bonds is 4. The molecule has 0 aromatic carbocycles. The first kappa shape index (κ1) is 13.4. The molecule has 2 amide bonds. The summed E-state index contributed by atoms with van der Waals surface area (Å²) in [6, 6.07) is -0.430. The highest BCUT2D eigenvalue weighted by Crippen LogP contribution is 2.40. The molecule has 5 heteroatoms. The van der Waals surface area contributed by atoms with Crippen LogP contribution in [0.25, 0.3) is 0 Å². The van der Waals surface area contributed by atoms with E-state index in [0.29, 0.717) is 12.8 Å². The number of urea groups is 1. The Hall–Kier alpha value is -1.70. The lowest BCUT2D eigenvalue weighted by Gasteiger charge is -2.37. The first-order valence-electron chi connectivity index (χ1n) is 5.58. The van der Waals surface area contributed by atoms with Crippen molar-refractivity contribution >= 4 is 12.0 Å². The summed E-state index contributed by atoms with van der Waals surface area (Å²) in [7, 11) is 0. The third-order valence-electron chi connectivity index (χ3n) is 3.14. The van der Waals surface area contributed by atoms with Crippen molar-refractivity contribution in [2.45, 2.75) is 38.6 Å². The molecular formula is C12H18N2O3. The van der Waals surface area contributed by atoms with Gasteiger partial charge in [0.1, 0.15) is 0 Å². The van der Waals surface area contributed by atoms with Gasteiger partial charge >= 0.3 is 12.0 Å². The summed E-state index contributed by atoms with van der Waals surface area (Å²) in [6.07, 6.45) is 7.35. The van der Waals surface area contributed by atoms with Crippen LogP contribution in [-0.4, -0.2) is 29.2 Å². The molecule has 1 rings (SSSR count). The van der Waals surface area contributed by atoms with Crippen LogP contribution >= 0.6 is 0 Å². The summed E-state index contributed by atoms with van der Waals surface area (Å²) < 4.78 is 0. The molecule has 3 N–H and O–H groups in total. The average Bonchev–Trinajstić information content (AvgIpc) is 2.14. The Morgan fingerprint density at radius 2 is 2.06 bits per heavy atom. The molecule has 1 aliphatic rings. The molecule has 1 fully saturated rings. The minimum absolute atomic E-state index is 0.148. The smallest absolute Gasteiger partial charge is 0.315 e. The van der Waals surface area contributed by atoms with Crippen LogP contribution in [0.5, 0.6) is 0 Å². The Balaban J connectivity index is 2.44. The lowest BCUT2D eigenvalue weighted by molar-refractivity contribution is -0.153. The Kier molecular flexibility index (Phi) is 3.66. The number of carboxylic acid groups (broad SMARTS) is 1. The monoisotopic (exact) mass is 238 g/mol. The maximum Gasteiger partial charge on any atom is 0.315 e. The zero-order valence-corrected chi connectivity index (χ0v) is 10.2. The molecule has 0 unspecified atom stereocenters. The van der Waals surface area contributed by atoms with E-state index in [1.54, 1.807) is 13.8 Å². The topological polar surface area (TPSA) is 78.4 Å². The molecular weight excluding hydrogens is 220 g/mol. The molecule has 0 saturated heterocycles. The van der Waals surface area contributed by atoms with Gasteiger partial charge in [0.25, 0.3) is 0 Å². The number of aliphatic carboxylic acids is 1. The van der Waals surface area contributed by atoms with E-state index in [-0.39, 0.29) is 6.54 Å². The van der Waals surface area contributed by atoms with Crippen LogP contribution in [0.15, 0.2) is 0 Å². The van der Waals surface area contributed by atoms with Gasteiger partial charge < -0.3 is 15.7 Å². The van der Waals surface area contributed by atoms with E-state index in [4.69, 9.17) is 11.5 Å². The Morgan fingerprint density at radius 1 is 1.47 bits per heavy atom. The standard InChI is InChI=1S/C12H18N2O3/c1-4-11(2,3)14-10(17)13-8-12(9(15)16)6-5-7-12/h1H,5-8H2,2-3H3,(H,15,16)(H2,13,14,17). The maximum atomic E-state index is 11.5. The molecule has 0 aromatic heterocycles. The van der Waals surface area contributed by atoms with Crippen LogP contribution in [0.1, 0.15) is 33.1 Å². The van der Waals surface area contributed by atoms with Crippen molar-refractivity contribution in [3.05, 3.63) is 0 Å². The van der Waals surface area contributed by atoms with Crippen molar-refractivity contribution in [2.75, 3.05) is 6.54 Å². The van der Waals surface area contributed by atoms with E-state index >= 15 is 0 Å². The molecule has 1 aliphatic carbocycles. The number of carbonyl (C=O) groups is 2. The van der Waals surface area contributed by atoms with Gasteiger partial charge in [0.15, 0.2) is 0 Å². The highest BCUT2D eigenvalue weighted by Gasteiger charge is 2.44. The predicted octanol–water partition coefficient (Wildman–Crippen LogP) is 0.952. The largest absolute Gasteiger partial charge is 0.481 e. The first-order valence-corrected chi connectivity index (χ1v) is 5.58. The predicted molar refractivity (Wildman–Crippen MR) is 63.4 cm³/mol. The van der Waals surface area contributed by atoms with Crippen LogP contribution in [0.4, 0.5) is 4.79 Å². The number of hydrogen-bond acceptors (Lipinski definition) is 2. The van der Waals surface area contributed by atoms with Crippen molar-refractivity contribution in [1.29, 1.82) is 0 Å². The van der Waals surface area contributed by atoms with Crippen molar-refractivity contribution in [2.24, 2.45) is 5.41 Å². The van der Waals surface area contributed by atoms with E-state index in [0.717, 1.165) is 6.42 Å². The number of amides is 2. The summed E-state index contributed by atoms with van der Waals surface area (Å²) in [6.45, 7) is 3.54. The van der Waals surface area contributed by atoms with E-state index in [1.807, 2.05) is 0 Å². The number of carbonyl (C=O) groups excluding carboxylic acids is 1. The molecule has 5 nitrogen and oxygen atoms in total. The second kappa shape index (κ2) is 4.66. The fourth-order valence-corrected chi connectivity index (χ4v) is 1.68. The second-order valence-electron chi connectivity index (χ2n) is 5.02. The Morgan fingerprint density at radius 3 is 2.41 bits per heavy atom. The number of terminal acetylenes is 1. The zero-order valence-electron chi connectivity index (χ0n) is 10.2. The third-order valence-corrected chi connectivity index (χ3v) is 3.14. The SMILES string of the molecule is C#CC(C)(C)NC(=O)NCC1(C(=O)O)CCC1. The molecule has 0 spiro atoms. The van der Waals surface area contributed by atoms with Crippen LogP contribution in [0.2, 0.25) is 0 Å². The van der Waals surface area contributed by atoms with Gasteiger partial charge in [-0.15, -0.1) is 6.42 Å². The number of carboxylic acids is 1. The minimum atomic E-state index is -0.847. The quantitative estimate of drug-likeness (QED) is 0.638. The summed E-state index contributed by atoms with van der Waals surface area (Å²) in [4.78, 5) is 22.6. The third kappa shape index (κ3) is 3.13. The van der Waals surface area contributed by atoms with Crippen LogP contribution in [0.3, 0.4) is 0 Å². The molecule has 0 aromatic rings. The summed E-state index contributed by atoms with van der Waals surface area (Å²) >= 11 is 0. The van der Waals surface area contributed by atoms with Crippen molar-refractivity contribution < 1.29 is 14.7 Å². The molecule has 0 heterocycles. The molecule has 0 aliphatic heterocycles. The fraction of sp³-hybridized carbons (Fsp3) is 0.667. The highest BCUT2D eigenvalue weighted by atomic mass is 16.4. The van der Waals surface area contributed by atoms with E-state index in [9.17, 15) is 9.59 Å². The normalized spacial score (nSPS) is 17.5. The second-order valence-corrected chi connectivity index (χ2v) is 5.02. The zero-order chi connectivity index (χ0) is 13.1. The molecule has 94 valence electrons. The van der Waals surface area contributed by atoms with E-state index < -0.39 is 23.0 Å². The summed E-state index contributed by atoms with van der Waals surface area (Å²) in [5.74, 6) is 1.58. The van der Waals surface area contributed by atoms with Crippen molar-refractivity contribution in [1.82, 2.24) is 10.6 Å². The van der Waals surface area contributed by atoms with Crippen LogP contribution in [0, 0.1) is 17.8 Å². The fourth-order valence-electron chi connectivity index (χ4n) is 1.68. The van der Waals surface area contributed by atoms with Gasteiger partial charge in [0.05, 0.1) is 11.0 Å². The van der Waals surface area contributed by atoms with Gasteiger partial charge in [0, 0.05) is 6.54 Å². The molecule has 0 atom stereocenters. The van der Waals surface area contributed by atoms with E-state index in [1.165, 1.54) is 0 Å². The van der Waals surface area contributed by atoms with Gasteiger partial charge in [-0.25, -0.2) is 4.79 Å². The summed E-state index contributed by atoms with van der Waals surface area (Å²) in [5, 5.41) is 14.2. The molecule has 0 radical (unpaired) electrons. The van der Waals surface area contributed by atoms with Crippen LogP contribution in [-0.2, 0) is 4.79 Å². The first-order chi connectivity index (χ1) is 7.81. The average molecular weight is 238 g/mol. The highest BCUT2D eigenvalue weighted by molar-refractivity contribution is 5.79. The lowest BCUT2D eigenvalue weighted by atomic mass is 9.69. The molecule has 17 heavy (non-hydrogen) atoms. The number of hydrogen-bond donors (Lipinski definition) is 3. The van der Waals surface area contributed by atoms with Crippen molar-refractivity contribution in [3.8, 4) is 12.3 Å². The lowest BCUT2D eigenvalue weighted by Crippen LogP contribution is -2.53. The van der Waals surface area contributed by atoms with Gasteiger partial charge in [-0.05, 0) is 26.7 Å². The Bertz CT molecular complexity index is 364. The van der Waals surface area contributed by atoms with Gasteiger partial charge in [-0.1, -0.05) is 12.3 Å². The minimum Gasteiger partial charge on any atom is -0.481 e.